The first-order valence-electron chi connectivity index (χ1n) is 6.53. The van der Waals surface area contributed by atoms with Gasteiger partial charge in [0.05, 0.1) is 19.3 Å². The van der Waals surface area contributed by atoms with Crippen LogP contribution in [0.15, 0.2) is 18.2 Å². The first-order valence-corrected chi connectivity index (χ1v) is 6.53. The third-order valence-electron chi connectivity index (χ3n) is 2.86. The Morgan fingerprint density at radius 2 is 2.11 bits per heavy atom. The van der Waals surface area contributed by atoms with E-state index in [1.54, 1.807) is 25.1 Å². The summed E-state index contributed by atoms with van der Waals surface area (Å²) in [6.07, 6.45) is 0.963. The van der Waals surface area contributed by atoms with E-state index in [4.69, 9.17) is 14.6 Å². The van der Waals surface area contributed by atoms with Gasteiger partial charge in [0, 0.05) is 18.5 Å². The fourth-order valence-corrected chi connectivity index (χ4v) is 1.80. The minimum atomic E-state index is -0.413. The average Bonchev–Trinajstić information content (AvgIpc) is 2.62. The van der Waals surface area contributed by atoms with Crippen LogP contribution in [-0.4, -0.2) is 36.9 Å². The van der Waals surface area contributed by atoms with E-state index in [-0.39, 0.29) is 5.91 Å². The van der Waals surface area contributed by atoms with E-state index in [0.29, 0.717) is 43.2 Å². The lowest BCUT2D eigenvalue weighted by atomic mass is 10.2. The number of fused-ring (bicyclic) bond motifs is 1. The van der Waals surface area contributed by atoms with Gasteiger partial charge in [-0.3, -0.25) is 4.79 Å². The molecule has 0 saturated carbocycles. The number of hydrogen-bond acceptors (Lipinski definition) is 4. The van der Waals surface area contributed by atoms with Crippen LogP contribution in [0.3, 0.4) is 0 Å². The van der Waals surface area contributed by atoms with E-state index < -0.39 is 6.10 Å². The van der Waals surface area contributed by atoms with Crippen LogP contribution in [0.4, 0.5) is 0 Å². The van der Waals surface area contributed by atoms with Crippen molar-refractivity contribution in [3.63, 3.8) is 0 Å². The van der Waals surface area contributed by atoms with Gasteiger partial charge in [-0.1, -0.05) is 0 Å². The molecule has 1 aliphatic rings. The second kappa shape index (κ2) is 6.43. The molecule has 2 N–H and O–H groups in total. The number of ether oxygens (including phenoxy) is 2. The number of hydrogen-bond donors (Lipinski definition) is 2. The van der Waals surface area contributed by atoms with Crippen molar-refractivity contribution in [3.05, 3.63) is 23.8 Å². The zero-order valence-electron chi connectivity index (χ0n) is 11.0. The maximum atomic E-state index is 11.9. The van der Waals surface area contributed by atoms with E-state index in [1.807, 2.05) is 0 Å². The summed E-state index contributed by atoms with van der Waals surface area (Å²) in [4.78, 5) is 11.9. The van der Waals surface area contributed by atoms with Crippen LogP contribution < -0.4 is 14.8 Å². The van der Waals surface area contributed by atoms with Gasteiger partial charge in [-0.05, 0) is 31.5 Å². The number of aliphatic hydroxyl groups excluding tert-OH is 1. The summed E-state index contributed by atoms with van der Waals surface area (Å²) >= 11 is 0. The zero-order valence-corrected chi connectivity index (χ0v) is 11.0. The number of carbonyl (C=O) groups excluding carboxylic acids is 1. The molecule has 0 fully saturated rings. The molecule has 1 atom stereocenters. The molecule has 0 saturated heterocycles. The van der Waals surface area contributed by atoms with Crippen LogP contribution in [0.1, 0.15) is 30.1 Å². The van der Waals surface area contributed by atoms with Gasteiger partial charge < -0.3 is 19.9 Å². The van der Waals surface area contributed by atoms with Gasteiger partial charge in [0.15, 0.2) is 11.5 Å². The Balaban J connectivity index is 2.00. The molecule has 104 valence electrons. The summed E-state index contributed by atoms with van der Waals surface area (Å²) in [5.74, 6) is 1.12. The second-order valence-corrected chi connectivity index (χ2v) is 4.61. The van der Waals surface area contributed by atoms with Crippen LogP contribution in [0.25, 0.3) is 0 Å². The Morgan fingerprint density at radius 3 is 2.84 bits per heavy atom. The van der Waals surface area contributed by atoms with Crippen molar-refractivity contribution in [2.45, 2.75) is 25.9 Å². The molecule has 2 rings (SSSR count). The maximum absolute atomic E-state index is 11.9. The summed E-state index contributed by atoms with van der Waals surface area (Å²) in [6, 6.07) is 5.16. The van der Waals surface area contributed by atoms with E-state index >= 15 is 0 Å². The van der Waals surface area contributed by atoms with E-state index in [9.17, 15) is 4.79 Å². The number of carbonyl (C=O) groups is 1. The molecule has 19 heavy (non-hydrogen) atoms. The Morgan fingerprint density at radius 1 is 1.37 bits per heavy atom. The van der Waals surface area contributed by atoms with Gasteiger partial charge in [0.2, 0.25) is 0 Å². The van der Waals surface area contributed by atoms with Gasteiger partial charge in [0.25, 0.3) is 5.91 Å². The molecule has 0 spiro atoms. The number of benzene rings is 1. The van der Waals surface area contributed by atoms with Crippen LogP contribution in [-0.2, 0) is 0 Å². The highest BCUT2D eigenvalue weighted by atomic mass is 16.5. The van der Waals surface area contributed by atoms with Crippen molar-refractivity contribution in [3.8, 4) is 11.5 Å². The van der Waals surface area contributed by atoms with E-state index in [1.165, 1.54) is 0 Å². The van der Waals surface area contributed by atoms with Crippen molar-refractivity contribution in [1.82, 2.24) is 5.32 Å². The van der Waals surface area contributed by atoms with Gasteiger partial charge in [-0.2, -0.15) is 0 Å². The van der Waals surface area contributed by atoms with Gasteiger partial charge >= 0.3 is 0 Å². The van der Waals surface area contributed by atoms with Crippen molar-refractivity contribution in [2.75, 3.05) is 19.8 Å². The van der Waals surface area contributed by atoms with Crippen molar-refractivity contribution in [1.29, 1.82) is 0 Å². The largest absolute Gasteiger partial charge is 0.490 e. The van der Waals surface area contributed by atoms with Crippen LogP contribution in [0.2, 0.25) is 0 Å². The van der Waals surface area contributed by atoms with Crippen molar-refractivity contribution >= 4 is 5.91 Å². The molecular weight excluding hydrogens is 246 g/mol. The SMILES string of the molecule is CC(O)CCNC(=O)c1ccc2c(c1)OCCCO2. The maximum Gasteiger partial charge on any atom is 0.251 e. The molecule has 1 aromatic rings. The second-order valence-electron chi connectivity index (χ2n) is 4.61. The highest BCUT2D eigenvalue weighted by Gasteiger charge is 2.13. The number of nitrogens with one attached hydrogen (secondary N) is 1. The molecule has 0 aliphatic carbocycles. The Bertz CT molecular complexity index is 445. The molecule has 1 heterocycles. The molecule has 0 radical (unpaired) electrons. The van der Waals surface area contributed by atoms with E-state index in [0.717, 1.165) is 6.42 Å². The quantitative estimate of drug-likeness (QED) is 0.862. The third-order valence-corrected chi connectivity index (χ3v) is 2.86. The predicted molar refractivity (Wildman–Crippen MR) is 70.7 cm³/mol. The topological polar surface area (TPSA) is 67.8 Å². The molecule has 1 aliphatic heterocycles. The molecule has 5 heteroatoms. The number of rotatable bonds is 4. The fraction of sp³-hybridized carbons (Fsp3) is 0.500. The molecular formula is C14H19NO4. The minimum Gasteiger partial charge on any atom is -0.490 e. The highest BCUT2D eigenvalue weighted by molar-refractivity contribution is 5.94. The molecule has 0 aromatic heterocycles. The first-order chi connectivity index (χ1) is 9.16. The smallest absolute Gasteiger partial charge is 0.251 e. The van der Waals surface area contributed by atoms with Crippen LogP contribution in [0, 0.1) is 0 Å². The standard InChI is InChI=1S/C14H19NO4/c1-10(16)5-6-15-14(17)11-3-4-12-13(9-11)19-8-2-7-18-12/h3-4,9-10,16H,2,5-8H2,1H3,(H,15,17). The number of amides is 1. The monoisotopic (exact) mass is 265 g/mol. The summed E-state index contributed by atoms with van der Waals surface area (Å²) < 4.78 is 11.0. The number of aliphatic hydroxyl groups is 1. The summed E-state index contributed by atoms with van der Waals surface area (Å²) in [5, 5.41) is 11.9. The first kappa shape index (κ1) is 13.7. The van der Waals surface area contributed by atoms with Crippen LogP contribution >= 0.6 is 0 Å². The lowest BCUT2D eigenvalue weighted by Gasteiger charge is -2.10. The molecule has 0 bridgehead atoms. The fourth-order valence-electron chi connectivity index (χ4n) is 1.80. The molecule has 5 nitrogen and oxygen atoms in total. The Hall–Kier alpha value is -1.75. The lowest BCUT2D eigenvalue weighted by Crippen LogP contribution is -2.26. The van der Waals surface area contributed by atoms with E-state index in [2.05, 4.69) is 5.32 Å². The minimum absolute atomic E-state index is 0.170. The highest BCUT2D eigenvalue weighted by Crippen LogP contribution is 2.30. The molecule has 1 aromatic carbocycles. The Labute approximate surface area is 112 Å². The van der Waals surface area contributed by atoms with Gasteiger partial charge in [0.1, 0.15) is 0 Å². The van der Waals surface area contributed by atoms with Crippen LogP contribution in [0.5, 0.6) is 11.5 Å². The normalized spacial score (nSPS) is 15.5. The summed E-state index contributed by atoms with van der Waals surface area (Å²) in [7, 11) is 0. The Kier molecular flexibility index (Phi) is 4.63. The summed E-state index contributed by atoms with van der Waals surface area (Å²) in [6.45, 7) is 3.37. The summed E-state index contributed by atoms with van der Waals surface area (Å²) in [5.41, 5.74) is 0.537. The van der Waals surface area contributed by atoms with Gasteiger partial charge in [-0.15, -0.1) is 0 Å². The van der Waals surface area contributed by atoms with Crippen molar-refractivity contribution in [2.24, 2.45) is 0 Å². The average molecular weight is 265 g/mol. The molecule has 1 unspecified atom stereocenters. The zero-order chi connectivity index (χ0) is 13.7. The molecule has 1 amide bonds. The third kappa shape index (κ3) is 3.86. The predicted octanol–water partition coefficient (Wildman–Crippen LogP) is 1.35. The van der Waals surface area contributed by atoms with Crippen molar-refractivity contribution < 1.29 is 19.4 Å². The lowest BCUT2D eigenvalue weighted by molar-refractivity contribution is 0.0945. The van der Waals surface area contributed by atoms with Gasteiger partial charge in [-0.25, -0.2) is 0 Å².